The van der Waals surface area contributed by atoms with Gasteiger partial charge in [-0.15, -0.1) is 0 Å². The summed E-state index contributed by atoms with van der Waals surface area (Å²) in [5, 5.41) is 0.535. The van der Waals surface area contributed by atoms with Crippen molar-refractivity contribution in [1.82, 2.24) is 4.98 Å². The Morgan fingerprint density at radius 1 is 1.12 bits per heavy atom. The molecule has 3 aromatic rings. The quantitative estimate of drug-likeness (QED) is 0.338. The zero-order valence-corrected chi connectivity index (χ0v) is 18.3. The van der Waals surface area contributed by atoms with Crippen molar-refractivity contribution in [3.05, 3.63) is 93.6 Å². The highest BCUT2D eigenvalue weighted by Gasteiger charge is 2.32. The van der Waals surface area contributed by atoms with E-state index in [2.05, 4.69) is 16.8 Å². The zero-order valence-electron chi connectivity index (χ0n) is 17.6. The number of nitrogens with zero attached hydrogens (tertiary/aromatic N) is 2. The minimum Gasteiger partial charge on any atom is -0.481 e. The molecule has 0 N–H and O–H groups in total. The number of carbonyl (C=O) groups is 2. The maximum atomic E-state index is 13.2. The number of anilines is 1. The van der Waals surface area contributed by atoms with Crippen LogP contribution in [0.4, 0.5) is 5.69 Å². The van der Waals surface area contributed by atoms with Crippen LogP contribution in [0.2, 0.25) is 5.02 Å². The van der Waals surface area contributed by atoms with Crippen LogP contribution < -0.4 is 9.64 Å². The molecule has 0 radical (unpaired) electrons. The van der Waals surface area contributed by atoms with Crippen molar-refractivity contribution < 1.29 is 14.3 Å². The smallest absolute Gasteiger partial charge is 0.262 e. The molecule has 32 heavy (non-hydrogen) atoms. The minimum atomic E-state index is -0.354. The number of carbonyl (C=O) groups excluding carboxylic acids is 2. The van der Waals surface area contributed by atoms with E-state index in [1.165, 1.54) is 4.90 Å². The van der Waals surface area contributed by atoms with Gasteiger partial charge in [-0.1, -0.05) is 35.6 Å². The molecule has 2 heterocycles. The van der Waals surface area contributed by atoms with Crippen LogP contribution in [0, 0.1) is 11.8 Å². The summed E-state index contributed by atoms with van der Waals surface area (Å²) in [6.45, 7) is 0. The average molecular weight is 443 g/mol. The maximum absolute atomic E-state index is 13.2. The number of aromatic nitrogens is 1. The molecule has 0 saturated heterocycles. The standard InChI is InChI=1S/C26H19ClN2O3/c1-29-23-10-9-17(5-3-6-18-11-12-28-24(16-18)32-2)14-21(23)25(30)22(26(29)31)15-19-7-4-8-20(27)13-19/h4,7-16H,6H2,1-2H3/b22-15+. The summed E-state index contributed by atoms with van der Waals surface area (Å²) in [7, 11) is 3.22. The van der Waals surface area contributed by atoms with E-state index in [4.69, 9.17) is 16.3 Å². The number of rotatable bonds is 3. The van der Waals surface area contributed by atoms with Gasteiger partial charge < -0.3 is 9.64 Å². The topological polar surface area (TPSA) is 59.5 Å². The first-order chi connectivity index (χ1) is 15.5. The molecular weight excluding hydrogens is 424 g/mol. The van der Waals surface area contributed by atoms with E-state index < -0.39 is 0 Å². The number of ether oxygens (including phenoxy) is 1. The van der Waals surface area contributed by atoms with Gasteiger partial charge in [0.1, 0.15) is 0 Å². The van der Waals surface area contributed by atoms with Crippen molar-refractivity contribution in [3.8, 4) is 17.7 Å². The molecule has 0 atom stereocenters. The first kappa shape index (κ1) is 21.4. The summed E-state index contributed by atoms with van der Waals surface area (Å²) in [6.07, 6.45) is 3.77. The largest absolute Gasteiger partial charge is 0.481 e. The predicted molar refractivity (Wildman–Crippen MR) is 125 cm³/mol. The normalized spacial score (nSPS) is 14.1. The number of fused-ring (bicyclic) bond motifs is 1. The Labute approximate surface area is 191 Å². The molecule has 0 fully saturated rings. The highest BCUT2D eigenvalue weighted by Crippen LogP contribution is 2.31. The molecule has 0 unspecified atom stereocenters. The summed E-state index contributed by atoms with van der Waals surface area (Å²) in [5.41, 5.74) is 3.47. The molecule has 0 spiro atoms. The van der Waals surface area contributed by atoms with E-state index in [-0.39, 0.29) is 17.3 Å². The number of hydrogen-bond acceptors (Lipinski definition) is 4. The lowest BCUT2D eigenvalue weighted by Crippen LogP contribution is -2.36. The molecule has 1 aromatic heterocycles. The fourth-order valence-electron chi connectivity index (χ4n) is 3.43. The van der Waals surface area contributed by atoms with Crippen LogP contribution in [0.5, 0.6) is 5.88 Å². The van der Waals surface area contributed by atoms with Crippen LogP contribution in [-0.4, -0.2) is 30.8 Å². The first-order valence-corrected chi connectivity index (χ1v) is 10.3. The van der Waals surface area contributed by atoms with Gasteiger partial charge >= 0.3 is 0 Å². The lowest BCUT2D eigenvalue weighted by Gasteiger charge is -2.26. The number of benzene rings is 2. The monoisotopic (exact) mass is 442 g/mol. The molecule has 6 heteroatoms. The van der Waals surface area contributed by atoms with Crippen molar-refractivity contribution >= 4 is 35.1 Å². The molecule has 2 aromatic carbocycles. The number of pyridine rings is 1. The van der Waals surface area contributed by atoms with E-state index in [1.807, 2.05) is 18.2 Å². The number of halogens is 1. The van der Waals surface area contributed by atoms with Crippen molar-refractivity contribution in [3.63, 3.8) is 0 Å². The van der Waals surface area contributed by atoms with Crippen LogP contribution in [0.3, 0.4) is 0 Å². The summed E-state index contributed by atoms with van der Waals surface area (Å²) in [6, 6.07) is 16.0. The summed E-state index contributed by atoms with van der Waals surface area (Å²) in [5.74, 6) is 6.06. The number of ketones is 1. The molecule has 0 saturated carbocycles. The second-order valence-electron chi connectivity index (χ2n) is 7.22. The average Bonchev–Trinajstić information content (AvgIpc) is 2.80. The third-order valence-corrected chi connectivity index (χ3v) is 5.31. The van der Waals surface area contributed by atoms with Gasteiger partial charge in [0, 0.05) is 41.9 Å². The Morgan fingerprint density at radius 2 is 1.97 bits per heavy atom. The molecule has 0 bridgehead atoms. The van der Waals surface area contributed by atoms with Gasteiger partial charge in [-0.25, -0.2) is 4.98 Å². The Balaban J connectivity index is 1.64. The van der Waals surface area contributed by atoms with Gasteiger partial charge in [0.15, 0.2) is 0 Å². The van der Waals surface area contributed by atoms with Gasteiger partial charge in [0.2, 0.25) is 11.7 Å². The number of methoxy groups -OCH3 is 1. The van der Waals surface area contributed by atoms with Crippen LogP contribution in [0.25, 0.3) is 6.08 Å². The lowest BCUT2D eigenvalue weighted by atomic mass is 9.92. The molecule has 0 aliphatic carbocycles. The molecule has 4 rings (SSSR count). The Hall–Kier alpha value is -3.88. The number of hydrogen-bond donors (Lipinski definition) is 0. The van der Waals surface area contributed by atoms with Gasteiger partial charge in [-0.2, -0.15) is 0 Å². The van der Waals surface area contributed by atoms with E-state index in [0.29, 0.717) is 39.7 Å². The fraction of sp³-hybridized carbons (Fsp3) is 0.115. The number of Topliss-reactive ketones (excluding diaryl/α,β-unsaturated/α-hetero) is 1. The molecule has 1 aliphatic heterocycles. The van der Waals surface area contributed by atoms with Crippen LogP contribution >= 0.6 is 11.6 Å². The summed E-state index contributed by atoms with van der Waals surface area (Å²) in [4.78, 5) is 31.5. The second-order valence-corrected chi connectivity index (χ2v) is 7.66. The summed E-state index contributed by atoms with van der Waals surface area (Å²) >= 11 is 6.04. The second kappa shape index (κ2) is 9.09. The fourth-order valence-corrected chi connectivity index (χ4v) is 3.63. The van der Waals surface area contributed by atoms with E-state index in [9.17, 15) is 9.59 Å². The SMILES string of the molecule is COc1cc(CC#Cc2ccc3c(c2)C(=O)/C(=C\c2cccc(Cl)c2)C(=O)N3C)ccn1. The highest BCUT2D eigenvalue weighted by atomic mass is 35.5. The molecule has 158 valence electrons. The molecular formula is C26H19ClN2O3. The van der Waals surface area contributed by atoms with Crippen LogP contribution in [0.1, 0.15) is 27.0 Å². The Bertz CT molecular complexity index is 1320. The van der Waals surface area contributed by atoms with Crippen molar-refractivity contribution in [2.75, 3.05) is 19.1 Å². The van der Waals surface area contributed by atoms with Crippen molar-refractivity contribution in [1.29, 1.82) is 0 Å². The van der Waals surface area contributed by atoms with E-state index in [0.717, 1.165) is 5.56 Å². The van der Waals surface area contributed by atoms with Gasteiger partial charge in [0.25, 0.3) is 5.91 Å². The highest BCUT2D eigenvalue weighted by molar-refractivity contribution is 6.36. The third-order valence-electron chi connectivity index (χ3n) is 5.08. The zero-order chi connectivity index (χ0) is 22.7. The van der Waals surface area contributed by atoms with Crippen molar-refractivity contribution in [2.45, 2.75) is 6.42 Å². The molecule has 1 amide bonds. The number of likely N-dealkylation sites (N-methyl/N-ethyl adjacent to an activating group) is 1. The lowest BCUT2D eigenvalue weighted by molar-refractivity contribution is -0.114. The van der Waals surface area contributed by atoms with Crippen LogP contribution in [0.15, 0.2) is 66.4 Å². The molecule has 1 aliphatic rings. The van der Waals surface area contributed by atoms with Gasteiger partial charge in [-0.05, 0) is 53.6 Å². The van der Waals surface area contributed by atoms with Gasteiger partial charge in [-0.3, -0.25) is 9.59 Å². The Morgan fingerprint density at radius 3 is 2.75 bits per heavy atom. The summed E-state index contributed by atoms with van der Waals surface area (Å²) < 4.78 is 5.13. The maximum Gasteiger partial charge on any atom is 0.262 e. The first-order valence-electron chi connectivity index (χ1n) is 9.88. The third kappa shape index (κ3) is 4.41. The Kier molecular flexibility index (Phi) is 6.07. The number of amides is 1. The predicted octanol–water partition coefficient (Wildman–Crippen LogP) is 4.58. The van der Waals surface area contributed by atoms with E-state index >= 15 is 0 Å². The molecule has 5 nitrogen and oxygen atoms in total. The van der Waals surface area contributed by atoms with E-state index in [1.54, 1.807) is 62.8 Å². The van der Waals surface area contributed by atoms with Crippen molar-refractivity contribution in [2.24, 2.45) is 0 Å². The minimum absolute atomic E-state index is 0.0938. The van der Waals surface area contributed by atoms with Gasteiger partial charge in [0.05, 0.1) is 18.4 Å². The van der Waals surface area contributed by atoms with Crippen LogP contribution in [-0.2, 0) is 11.2 Å².